The third-order valence-electron chi connectivity index (χ3n) is 4.36. The summed E-state index contributed by atoms with van der Waals surface area (Å²) in [5.74, 6) is -0.708. The molecule has 0 spiro atoms. The molecule has 0 radical (unpaired) electrons. The average molecular weight is 334 g/mol. The number of aliphatic hydroxyl groups excluding tert-OH is 1. The van der Waals surface area contributed by atoms with Crippen molar-refractivity contribution in [2.24, 2.45) is 0 Å². The fourth-order valence-corrected chi connectivity index (χ4v) is 3.22. The Hall–Kier alpha value is -1.24. The lowest BCUT2D eigenvalue weighted by Crippen LogP contribution is -2.42. The summed E-state index contributed by atoms with van der Waals surface area (Å²) in [7, 11) is 0. The minimum Gasteiger partial charge on any atom is -0.390 e. The van der Waals surface area contributed by atoms with Crippen molar-refractivity contribution < 1.29 is 24.1 Å². The van der Waals surface area contributed by atoms with Crippen molar-refractivity contribution in [3.8, 4) is 0 Å². The summed E-state index contributed by atoms with van der Waals surface area (Å²) in [6.07, 6.45) is 0.726. The van der Waals surface area contributed by atoms with Crippen LogP contribution in [0.5, 0.6) is 0 Å². The van der Waals surface area contributed by atoms with Gasteiger partial charge in [0.1, 0.15) is 18.3 Å². The fourth-order valence-electron chi connectivity index (χ4n) is 3.22. The number of allylic oxidation sites excluding steroid dienone is 1. The number of hydrogen-bond donors (Lipinski definition) is 1. The average Bonchev–Trinajstić information content (AvgIpc) is 3.03. The van der Waals surface area contributed by atoms with Gasteiger partial charge in [-0.1, -0.05) is 36.4 Å². The van der Waals surface area contributed by atoms with E-state index in [2.05, 4.69) is 6.58 Å². The molecular weight excluding hydrogens is 308 g/mol. The molecule has 5 nitrogen and oxygen atoms in total. The van der Waals surface area contributed by atoms with E-state index in [-0.39, 0.29) is 12.2 Å². The van der Waals surface area contributed by atoms with Gasteiger partial charge < -0.3 is 24.1 Å². The highest BCUT2D eigenvalue weighted by molar-refractivity contribution is 5.13. The van der Waals surface area contributed by atoms with Crippen LogP contribution in [0.15, 0.2) is 43.0 Å². The molecule has 0 saturated carbocycles. The molecule has 132 valence electrons. The highest BCUT2D eigenvalue weighted by Crippen LogP contribution is 2.40. The molecule has 0 amide bonds. The van der Waals surface area contributed by atoms with Crippen LogP contribution in [0.3, 0.4) is 0 Å². The summed E-state index contributed by atoms with van der Waals surface area (Å²) in [5.41, 5.74) is 1.07. The molecule has 2 aliphatic heterocycles. The Balaban J connectivity index is 1.70. The minimum atomic E-state index is -0.708. The van der Waals surface area contributed by atoms with Crippen molar-refractivity contribution in [3.63, 3.8) is 0 Å². The van der Waals surface area contributed by atoms with E-state index >= 15 is 0 Å². The van der Waals surface area contributed by atoms with Gasteiger partial charge in [-0.25, -0.2) is 0 Å². The summed E-state index contributed by atoms with van der Waals surface area (Å²) >= 11 is 0. The number of benzene rings is 1. The Kier molecular flexibility index (Phi) is 5.37. The van der Waals surface area contributed by atoms with Gasteiger partial charge in [-0.05, 0) is 32.3 Å². The van der Waals surface area contributed by atoms with Crippen LogP contribution >= 0.6 is 0 Å². The van der Waals surface area contributed by atoms with E-state index in [1.807, 2.05) is 44.2 Å². The van der Waals surface area contributed by atoms with Crippen molar-refractivity contribution in [3.05, 3.63) is 48.6 Å². The standard InChI is InChI=1S/C19H26O5/c1-4-5-11-14(20)15-16(21-12-13-9-7-6-8-10-13)17-18(22-15)24-19(2,3)23-17/h4,6-10,14-18,20H,1,5,11-12H2,2-3H3/t14-,15+,16-,17+,18+/m0/s1. The number of aliphatic hydroxyl groups is 1. The van der Waals surface area contributed by atoms with Crippen molar-refractivity contribution >= 4 is 0 Å². The number of fused-ring (bicyclic) bond motifs is 1. The Morgan fingerprint density at radius 1 is 1.29 bits per heavy atom. The molecule has 1 N–H and O–H groups in total. The van der Waals surface area contributed by atoms with Gasteiger partial charge in [-0.2, -0.15) is 0 Å². The molecular formula is C19H26O5. The molecule has 2 fully saturated rings. The largest absolute Gasteiger partial charge is 0.390 e. The molecule has 5 atom stereocenters. The van der Waals surface area contributed by atoms with Crippen LogP contribution in [0.4, 0.5) is 0 Å². The highest BCUT2D eigenvalue weighted by atomic mass is 16.8. The van der Waals surface area contributed by atoms with Gasteiger partial charge in [0.15, 0.2) is 12.1 Å². The van der Waals surface area contributed by atoms with Gasteiger partial charge in [-0.3, -0.25) is 0 Å². The van der Waals surface area contributed by atoms with E-state index in [0.29, 0.717) is 13.0 Å². The van der Waals surface area contributed by atoms with E-state index in [0.717, 1.165) is 12.0 Å². The Morgan fingerprint density at radius 3 is 2.75 bits per heavy atom. The molecule has 0 unspecified atom stereocenters. The van der Waals surface area contributed by atoms with Crippen LogP contribution in [0.25, 0.3) is 0 Å². The fraction of sp³-hybridized carbons (Fsp3) is 0.579. The monoisotopic (exact) mass is 334 g/mol. The maximum Gasteiger partial charge on any atom is 0.190 e. The predicted octanol–water partition coefficient (Wildman–Crippen LogP) is 2.78. The zero-order chi connectivity index (χ0) is 17.2. The SMILES string of the molecule is C=CCC[C@H](O)[C@H]1O[C@@H]2OC(C)(C)O[C@@H]2[C@H]1OCc1ccccc1. The van der Waals surface area contributed by atoms with Crippen LogP contribution in [0.1, 0.15) is 32.3 Å². The number of ether oxygens (including phenoxy) is 4. The van der Waals surface area contributed by atoms with Crippen molar-refractivity contribution in [2.45, 2.75) is 69.8 Å². The first-order chi connectivity index (χ1) is 11.5. The van der Waals surface area contributed by atoms with Gasteiger partial charge in [-0.15, -0.1) is 6.58 Å². The zero-order valence-corrected chi connectivity index (χ0v) is 14.3. The maximum absolute atomic E-state index is 10.5. The first-order valence-corrected chi connectivity index (χ1v) is 8.46. The number of hydrogen-bond acceptors (Lipinski definition) is 5. The van der Waals surface area contributed by atoms with Crippen LogP contribution in [-0.4, -0.2) is 41.6 Å². The zero-order valence-electron chi connectivity index (χ0n) is 14.3. The summed E-state index contributed by atoms with van der Waals surface area (Å²) in [6.45, 7) is 7.84. The lowest BCUT2D eigenvalue weighted by Gasteiger charge is -2.28. The first-order valence-electron chi connectivity index (χ1n) is 8.46. The quantitative estimate of drug-likeness (QED) is 0.777. The number of rotatable bonds is 7. The smallest absolute Gasteiger partial charge is 0.190 e. The van der Waals surface area contributed by atoms with Crippen LogP contribution in [0.2, 0.25) is 0 Å². The summed E-state index contributed by atoms with van der Waals surface area (Å²) in [5, 5.41) is 10.5. The van der Waals surface area contributed by atoms with Gasteiger partial charge in [0.25, 0.3) is 0 Å². The van der Waals surface area contributed by atoms with E-state index in [1.54, 1.807) is 6.08 Å². The molecule has 1 aromatic carbocycles. The van der Waals surface area contributed by atoms with Gasteiger partial charge >= 0.3 is 0 Å². The van der Waals surface area contributed by atoms with Gasteiger partial charge in [0, 0.05) is 0 Å². The van der Waals surface area contributed by atoms with Crippen LogP contribution in [-0.2, 0) is 25.6 Å². The Morgan fingerprint density at radius 2 is 2.04 bits per heavy atom. The minimum absolute atomic E-state index is 0.341. The summed E-state index contributed by atoms with van der Waals surface area (Å²) in [6, 6.07) is 9.93. The first kappa shape index (κ1) is 17.6. The van der Waals surface area contributed by atoms with E-state index < -0.39 is 24.3 Å². The molecule has 2 saturated heterocycles. The molecule has 1 aromatic rings. The third kappa shape index (κ3) is 3.87. The topological polar surface area (TPSA) is 57.2 Å². The molecule has 24 heavy (non-hydrogen) atoms. The molecule has 5 heteroatoms. The van der Waals surface area contributed by atoms with Crippen LogP contribution < -0.4 is 0 Å². The van der Waals surface area contributed by atoms with E-state index in [9.17, 15) is 5.11 Å². The second-order valence-corrected chi connectivity index (χ2v) is 6.76. The van der Waals surface area contributed by atoms with E-state index in [1.165, 1.54) is 0 Å². The molecule has 0 bridgehead atoms. The summed E-state index contributed by atoms with van der Waals surface area (Å²) < 4.78 is 23.8. The normalized spacial score (nSPS) is 32.5. The maximum atomic E-state index is 10.5. The van der Waals surface area contributed by atoms with Crippen molar-refractivity contribution in [1.29, 1.82) is 0 Å². The van der Waals surface area contributed by atoms with Crippen LogP contribution in [0, 0.1) is 0 Å². The van der Waals surface area contributed by atoms with Gasteiger partial charge in [0.2, 0.25) is 0 Å². The lowest BCUT2D eigenvalue weighted by molar-refractivity contribution is -0.230. The highest BCUT2D eigenvalue weighted by Gasteiger charge is 2.56. The van der Waals surface area contributed by atoms with E-state index in [4.69, 9.17) is 18.9 Å². The molecule has 0 aromatic heterocycles. The second-order valence-electron chi connectivity index (χ2n) is 6.76. The Labute approximate surface area is 143 Å². The Bertz CT molecular complexity index is 544. The van der Waals surface area contributed by atoms with Crippen molar-refractivity contribution in [1.82, 2.24) is 0 Å². The lowest BCUT2D eigenvalue weighted by atomic mass is 10.0. The van der Waals surface area contributed by atoms with Gasteiger partial charge in [0.05, 0.1) is 12.7 Å². The molecule has 3 rings (SSSR count). The molecule has 2 heterocycles. The predicted molar refractivity (Wildman–Crippen MR) is 89.2 cm³/mol. The second kappa shape index (κ2) is 7.33. The molecule has 0 aliphatic carbocycles. The third-order valence-corrected chi connectivity index (χ3v) is 4.36. The van der Waals surface area contributed by atoms with Crippen molar-refractivity contribution in [2.75, 3.05) is 0 Å². The summed E-state index contributed by atoms with van der Waals surface area (Å²) in [4.78, 5) is 0. The molecule has 2 aliphatic rings.